The predicted molar refractivity (Wildman–Crippen MR) is 92.8 cm³/mol. The average Bonchev–Trinajstić information content (AvgIpc) is 2.82. The molecule has 0 bridgehead atoms. The minimum atomic E-state index is -0.388. The molecule has 0 unspecified atom stereocenters. The van der Waals surface area contributed by atoms with E-state index >= 15 is 0 Å². The lowest BCUT2D eigenvalue weighted by molar-refractivity contribution is 0.150. The van der Waals surface area contributed by atoms with Gasteiger partial charge in [0, 0.05) is 0 Å². The van der Waals surface area contributed by atoms with Gasteiger partial charge >= 0.3 is 0 Å². The fourth-order valence-corrected chi connectivity index (χ4v) is 3.17. The number of ether oxygens (including phenoxy) is 1. The van der Waals surface area contributed by atoms with Crippen LogP contribution in [-0.4, -0.2) is 23.9 Å². The van der Waals surface area contributed by atoms with Crippen molar-refractivity contribution in [3.8, 4) is 0 Å². The van der Waals surface area contributed by atoms with Crippen molar-refractivity contribution in [3.63, 3.8) is 0 Å². The summed E-state index contributed by atoms with van der Waals surface area (Å²) in [5, 5.41) is 10.2. The molecule has 2 aliphatic rings. The van der Waals surface area contributed by atoms with E-state index in [1.165, 1.54) is 22.3 Å². The van der Waals surface area contributed by atoms with Crippen LogP contribution in [0.2, 0.25) is 0 Å². The van der Waals surface area contributed by atoms with Gasteiger partial charge in [0.2, 0.25) is 0 Å². The van der Waals surface area contributed by atoms with Gasteiger partial charge in [-0.2, -0.15) is 0 Å². The first kappa shape index (κ1) is 17.2. The number of aliphatic hydroxyl groups is 1. The molecule has 1 aliphatic heterocycles. The number of aliphatic hydroxyl groups excluding tert-OH is 1. The van der Waals surface area contributed by atoms with Crippen LogP contribution < -0.4 is 0 Å². The third-order valence-electron chi connectivity index (χ3n) is 4.84. The summed E-state index contributed by atoms with van der Waals surface area (Å²) in [6.45, 7) is 11.3. The minimum absolute atomic E-state index is 0.135. The first-order chi connectivity index (χ1) is 10.5. The molecule has 0 radical (unpaired) electrons. The molecule has 1 heterocycles. The molecule has 0 saturated heterocycles. The molecular formula is C20H30O2. The van der Waals surface area contributed by atoms with Gasteiger partial charge in [0.15, 0.2) is 0 Å². The fraction of sp³-hybridized carbons (Fsp3) is 0.600. The average molecular weight is 302 g/mol. The number of rotatable bonds is 0. The molecule has 2 atom stereocenters. The van der Waals surface area contributed by atoms with E-state index in [9.17, 15) is 5.11 Å². The van der Waals surface area contributed by atoms with Crippen LogP contribution in [-0.2, 0) is 4.74 Å². The van der Waals surface area contributed by atoms with Crippen molar-refractivity contribution in [2.24, 2.45) is 0 Å². The van der Waals surface area contributed by atoms with E-state index in [0.717, 1.165) is 50.7 Å². The number of hydrogen-bond acceptors (Lipinski definition) is 2. The smallest absolute Gasteiger partial charge is 0.0977 e. The van der Waals surface area contributed by atoms with Gasteiger partial charge < -0.3 is 9.84 Å². The second kappa shape index (κ2) is 7.94. The van der Waals surface area contributed by atoms with Crippen LogP contribution >= 0.6 is 0 Å². The monoisotopic (exact) mass is 302 g/mol. The SMILES string of the molecule is C=C1CC/C=C(\C)CCC2=C(C)CO[C@H]2/C=C(\C)CC[C@@H]1O. The Balaban J connectivity index is 2.17. The maximum absolute atomic E-state index is 10.2. The molecule has 1 aliphatic carbocycles. The predicted octanol–water partition coefficient (Wildman–Crippen LogP) is 4.87. The van der Waals surface area contributed by atoms with Crippen molar-refractivity contribution in [1.82, 2.24) is 0 Å². The van der Waals surface area contributed by atoms with Crippen molar-refractivity contribution in [2.45, 2.75) is 71.5 Å². The third kappa shape index (κ3) is 4.69. The molecular weight excluding hydrogens is 272 g/mol. The number of hydrogen-bond donors (Lipinski definition) is 1. The van der Waals surface area contributed by atoms with E-state index < -0.39 is 0 Å². The van der Waals surface area contributed by atoms with E-state index in [1.807, 2.05) is 0 Å². The molecule has 22 heavy (non-hydrogen) atoms. The highest BCUT2D eigenvalue weighted by atomic mass is 16.5. The lowest BCUT2D eigenvalue weighted by Gasteiger charge is -2.17. The number of allylic oxidation sites excluding steroid dienone is 3. The van der Waals surface area contributed by atoms with E-state index in [4.69, 9.17) is 4.74 Å². The van der Waals surface area contributed by atoms with Gasteiger partial charge in [-0.25, -0.2) is 0 Å². The van der Waals surface area contributed by atoms with Crippen molar-refractivity contribution < 1.29 is 9.84 Å². The first-order valence-electron chi connectivity index (χ1n) is 8.46. The highest BCUT2D eigenvalue weighted by Crippen LogP contribution is 2.29. The molecule has 0 fully saturated rings. The third-order valence-corrected chi connectivity index (χ3v) is 4.84. The molecule has 0 aromatic heterocycles. The van der Waals surface area contributed by atoms with E-state index in [-0.39, 0.29) is 12.2 Å². The van der Waals surface area contributed by atoms with E-state index in [2.05, 4.69) is 39.5 Å². The fourth-order valence-electron chi connectivity index (χ4n) is 3.17. The molecule has 0 aromatic carbocycles. The van der Waals surface area contributed by atoms with Crippen LogP contribution in [0, 0.1) is 0 Å². The van der Waals surface area contributed by atoms with Crippen molar-refractivity contribution >= 4 is 0 Å². The maximum Gasteiger partial charge on any atom is 0.0977 e. The lowest BCUT2D eigenvalue weighted by Crippen LogP contribution is -2.11. The zero-order valence-electron chi connectivity index (χ0n) is 14.3. The topological polar surface area (TPSA) is 29.5 Å². The van der Waals surface area contributed by atoms with E-state index in [1.54, 1.807) is 0 Å². The van der Waals surface area contributed by atoms with E-state index in [0.29, 0.717) is 0 Å². The number of fused-ring (bicyclic) bond motifs is 1. The molecule has 0 aromatic rings. The van der Waals surface area contributed by atoms with Gasteiger partial charge in [-0.1, -0.05) is 29.9 Å². The van der Waals surface area contributed by atoms with Gasteiger partial charge in [0.25, 0.3) is 0 Å². The quantitative estimate of drug-likeness (QED) is 0.647. The van der Waals surface area contributed by atoms with Crippen LogP contribution in [0.1, 0.15) is 59.3 Å². The Kier molecular flexibility index (Phi) is 6.22. The summed E-state index contributed by atoms with van der Waals surface area (Å²) in [4.78, 5) is 0. The lowest BCUT2D eigenvalue weighted by atomic mass is 9.94. The van der Waals surface area contributed by atoms with Crippen LogP contribution in [0.25, 0.3) is 0 Å². The first-order valence-corrected chi connectivity index (χ1v) is 8.46. The normalized spacial score (nSPS) is 33.5. The van der Waals surface area contributed by atoms with Gasteiger partial charge in [-0.3, -0.25) is 0 Å². The summed E-state index contributed by atoms with van der Waals surface area (Å²) in [5.74, 6) is 0. The standard InChI is InChI=1S/C20H30O2/c1-14-6-5-7-16(3)19(21)11-9-15(2)12-20-18(10-8-14)17(4)13-22-20/h6,12,19-21H,3,5,7-11,13H2,1-2,4H3/b14-6+,15-12+/t19-,20-/m0/s1. The Labute approximate surface area is 135 Å². The summed E-state index contributed by atoms with van der Waals surface area (Å²) in [7, 11) is 0. The van der Waals surface area contributed by atoms with Gasteiger partial charge in [0.05, 0.1) is 18.8 Å². The maximum atomic E-state index is 10.2. The summed E-state index contributed by atoms with van der Waals surface area (Å²) in [5.41, 5.74) is 6.53. The van der Waals surface area contributed by atoms with Crippen LogP contribution in [0.5, 0.6) is 0 Å². The van der Waals surface area contributed by atoms with Crippen molar-refractivity contribution in [2.75, 3.05) is 6.61 Å². The summed E-state index contributed by atoms with van der Waals surface area (Å²) < 4.78 is 5.93. The van der Waals surface area contributed by atoms with Crippen molar-refractivity contribution in [3.05, 3.63) is 46.6 Å². The zero-order chi connectivity index (χ0) is 16.1. The summed E-state index contributed by atoms with van der Waals surface area (Å²) in [6.07, 6.45) is 9.99. The highest BCUT2D eigenvalue weighted by molar-refractivity contribution is 5.29. The van der Waals surface area contributed by atoms with Crippen LogP contribution in [0.3, 0.4) is 0 Å². The van der Waals surface area contributed by atoms with Crippen molar-refractivity contribution in [1.29, 1.82) is 0 Å². The molecule has 2 rings (SSSR count). The molecule has 1 N–H and O–H groups in total. The van der Waals surface area contributed by atoms with Gasteiger partial charge in [-0.05, 0) is 76.0 Å². The second-order valence-corrected chi connectivity index (χ2v) is 6.85. The van der Waals surface area contributed by atoms with Gasteiger partial charge in [0.1, 0.15) is 0 Å². The highest BCUT2D eigenvalue weighted by Gasteiger charge is 2.22. The molecule has 0 amide bonds. The Morgan fingerprint density at radius 1 is 1.09 bits per heavy atom. The Morgan fingerprint density at radius 3 is 2.64 bits per heavy atom. The minimum Gasteiger partial charge on any atom is -0.389 e. The Bertz CT molecular complexity index is 508. The summed E-state index contributed by atoms with van der Waals surface area (Å²) in [6, 6.07) is 0. The molecule has 0 spiro atoms. The Morgan fingerprint density at radius 2 is 1.86 bits per heavy atom. The molecule has 2 heteroatoms. The second-order valence-electron chi connectivity index (χ2n) is 6.85. The summed E-state index contributed by atoms with van der Waals surface area (Å²) >= 11 is 0. The Hall–Kier alpha value is -1.12. The zero-order valence-corrected chi connectivity index (χ0v) is 14.3. The van der Waals surface area contributed by atoms with Crippen LogP contribution in [0.4, 0.5) is 0 Å². The molecule has 122 valence electrons. The van der Waals surface area contributed by atoms with Gasteiger partial charge in [-0.15, -0.1) is 0 Å². The largest absolute Gasteiger partial charge is 0.389 e. The van der Waals surface area contributed by atoms with Crippen LogP contribution in [0.15, 0.2) is 46.6 Å². The molecule has 2 nitrogen and oxygen atoms in total. The molecule has 0 saturated carbocycles.